The molecule has 0 amide bonds. The number of nitrogens with two attached hydrogens (primary N) is 1. The highest BCUT2D eigenvalue weighted by molar-refractivity contribution is 9.10. The van der Waals surface area contributed by atoms with Crippen molar-refractivity contribution in [3.05, 3.63) is 22.6 Å². The molecule has 0 saturated heterocycles. The van der Waals surface area contributed by atoms with E-state index >= 15 is 0 Å². The fraction of sp³-hybridized carbons (Fsp3) is 0.500. The van der Waals surface area contributed by atoms with Crippen LogP contribution < -0.4 is 5.73 Å². The maximum absolute atomic E-state index is 5.60. The third-order valence-corrected chi connectivity index (χ3v) is 2.22. The Labute approximate surface area is 74.9 Å². The van der Waals surface area contributed by atoms with Crippen LogP contribution in [0.15, 0.2) is 21.2 Å². The SMILES string of the molecule is CC(N)CCc1occc1Br. The molecule has 1 aromatic rings. The first-order valence-corrected chi connectivity index (χ1v) is 4.47. The van der Waals surface area contributed by atoms with Crippen LogP contribution >= 0.6 is 15.9 Å². The molecule has 0 fully saturated rings. The molecular weight excluding hydrogens is 206 g/mol. The van der Waals surface area contributed by atoms with E-state index in [1.165, 1.54) is 0 Å². The molecular formula is C8H12BrNO. The summed E-state index contributed by atoms with van der Waals surface area (Å²) in [7, 11) is 0. The molecule has 62 valence electrons. The Morgan fingerprint density at radius 2 is 2.45 bits per heavy atom. The molecule has 2 nitrogen and oxygen atoms in total. The molecule has 1 heterocycles. The van der Waals surface area contributed by atoms with Crippen LogP contribution in [0.3, 0.4) is 0 Å². The van der Waals surface area contributed by atoms with Crippen molar-refractivity contribution < 1.29 is 4.42 Å². The van der Waals surface area contributed by atoms with Gasteiger partial charge in [-0.25, -0.2) is 0 Å². The lowest BCUT2D eigenvalue weighted by atomic mass is 10.2. The maximum Gasteiger partial charge on any atom is 0.117 e. The summed E-state index contributed by atoms with van der Waals surface area (Å²) >= 11 is 3.38. The smallest absolute Gasteiger partial charge is 0.117 e. The van der Waals surface area contributed by atoms with Gasteiger partial charge in [0, 0.05) is 12.5 Å². The van der Waals surface area contributed by atoms with Crippen molar-refractivity contribution in [2.75, 3.05) is 0 Å². The van der Waals surface area contributed by atoms with Crippen LogP contribution in [0.25, 0.3) is 0 Å². The molecule has 0 spiro atoms. The van der Waals surface area contributed by atoms with Crippen LogP contribution in [0.5, 0.6) is 0 Å². The van der Waals surface area contributed by atoms with Crippen LogP contribution in [-0.2, 0) is 6.42 Å². The van der Waals surface area contributed by atoms with Gasteiger partial charge in [0.2, 0.25) is 0 Å². The fourth-order valence-corrected chi connectivity index (χ4v) is 1.26. The van der Waals surface area contributed by atoms with Crippen molar-refractivity contribution in [2.24, 2.45) is 5.73 Å². The van der Waals surface area contributed by atoms with Crippen molar-refractivity contribution in [1.29, 1.82) is 0 Å². The molecule has 0 aliphatic carbocycles. The molecule has 1 atom stereocenters. The predicted octanol–water partition coefficient (Wildman–Crippen LogP) is 2.32. The number of rotatable bonds is 3. The minimum Gasteiger partial charge on any atom is -0.468 e. The molecule has 0 radical (unpaired) electrons. The van der Waals surface area contributed by atoms with E-state index in [2.05, 4.69) is 15.9 Å². The summed E-state index contributed by atoms with van der Waals surface area (Å²) in [6, 6.07) is 2.14. The quantitative estimate of drug-likeness (QED) is 0.845. The third kappa shape index (κ3) is 2.67. The van der Waals surface area contributed by atoms with Gasteiger partial charge in [0.05, 0.1) is 10.7 Å². The Morgan fingerprint density at radius 1 is 1.73 bits per heavy atom. The molecule has 1 rings (SSSR count). The lowest BCUT2D eigenvalue weighted by molar-refractivity contribution is 0.489. The average molecular weight is 218 g/mol. The lowest BCUT2D eigenvalue weighted by Crippen LogP contribution is -2.15. The first-order chi connectivity index (χ1) is 5.20. The summed E-state index contributed by atoms with van der Waals surface area (Å²) in [6.07, 6.45) is 3.55. The van der Waals surface area contributed by atoms with Gasteiger partial charge in [0.1, 0.15) is 5.76 Å². The number of halogens is 1. The number of hydrogen-bond donors (Lipinski definition) is 1. The number of hydrogen-bond acceptors (Lipinski definition) is 2. The first kappa shape index (κ1) is 8.81. The summed E-state index contributed by atoms with van der Waals surface area (Å²) in [5.41, 5.74) is 5.60. The van der Waals surface area contributed by atoms with Gasteiger partial charge in [-0.2, -0.15) is 0 Å². The Morgan fingerprint density at radius 3 is 2.91 bits per heavy atom. The van der Waals surface area contributed by atoms with Gasteiger partial charge < -0.3 is 10.2 Å². The van der Waals surface area contributed by atoms with Crippen molar-refractivity contribution in [3.63, 3.8) is 0 Å². The zero-order valence-corrected chi connectivity index (χ0v) is 8.10. The van der Waals surface area contributed by atoms with Crippen LogP contribution in [-0.4, -0.2) is 6.04 Å². The van der Waals surface area contributed by atoms with E-state index in [0.29, 0.717) is 0 Å². The molecule has 0 aliphatic rings. The van der Waals surface area contributed by atoms with Crippen molar-refractivity contribution in [3.8, 4) is 0 Å². The Kier molecular flexibility index (Phi) is 3.15. The minimum absolute atomic E-state index is 0.243. The van der Waals surface area contributed by atoms with Crippen LogP contribution in [0.2, 0.25) is 0 Å². The van der Waals surface area contributed by atoms with E-state index in [1.807, 2.05) is 13.0 Å². The molecule has 11 heavy (non-hydrogen) atoms. The van der Waals surface area contributed by atoms with Crippen LogP contribution in [0, 0.1) is 0 Å². The number of furan rings is 1. The molecule has 0 aromatic carbocycles. The maximum atomic E-state index is 5.60. The Hall–Kier alpha value is -0.280. The van der Waals surface area contributed by atoms with Gasteiger partial charge in [-0.1, -0.05) is 0 Å². The highest BCUT2D eigenvalue weighted by Gasteiger charge is 2.03. The van der Waals surface area contributed by atoms with E-state index in [9.17, 15) is 0 Å². The van der Waals surface area contributed by atoms with Gasteiger partial charge in [-0.3, -0.25) is 0 Å². The average Bonchev–Trinajstić information content (AvgIpc) is 2.31. The molecule has 3 heteroatoms. The molecule has 2 N–H and O–H groups in total. The van der Waals surface area contributed by atoms with E-state index < -0.39 is 0 Å². The van der Waals surface area contributed by atoms with Crippen molar-refractivity contribution in [2.45, 2.75) is 25.8 Å². The molecule has 0 bridgehead atoms. The first-order valence-electron chi connectivity index (χ1n) is 3.67. The van der Waals surface area contributed by atoms with Crippen molar-refractivity contribution >= 4 is 15.9 Å². The summed E-state index contributed by atoms with van der Waals surface area (Å²) in [6.45, 7) is 2.00. The monoisotopic (exact) mass is 217 g/mol. The highest BCUT2D eigenvalue weighted by Crippen LogP contribution is 2.19. The second-order valence-electron chi connectivity index (χ2n) is 2.71. The second-order valence-corrected chi connectivity index (χ2v) is 3.56. The summed E-state index contributed by atoms with van der Waals surface area (Å²) < 4.78 is 6.25. The Bertz CT molecular complexity index is 220. The van der Waals surface area contributed by atoms with Gasteiger partial charge >= 0.3 is 0 Å². The second kappa shape index (κ2) is 3.93. The molecule has 0 aliphatic heterocycles. The lowest BCUT2D eigenvalue weighted by Gasteiger charge is -2.01. The van der Waals surface area contributed by atoms with E-state index in [-0.39, 0.29) is 6.04 Å². The third-order valence-electron chi connectivity index (χ3n) is 1.52. The summed E-state index contributed by atoms with van der Waals surface area (Å²) in [5, 5.41) is 0. The van der Waals surface area contributed by atoms with E-state index in [0.717, 1.165) is 23.1 Å². The Balaban J connectivity index is 2.44. The van der Waals surface area contributed by atoms with Crippen molar-refractivity contribution in [1.82, 2.24) is 0 Å². The van der Waals surface area contributed by atoms with Gasteiger partial charge in [0.15, 0.2) is 0 Å². The van der Waals surface area contributed by atoms with Gasteiger partial charge in [-0.15, -0.1) is 0 Å². The largest absolute Gasteiger partial charge is 0.468 e. The normalized spacial score (nSPS) is 13.4. The zero-order valence-electron chi connectivity index (χ0n) is 6.51. The molecule has 1 aromatic heterocycles. The molecule has 0 saturated carbocycles. The van der Waals surface area contributed by atoms with Gasteiger partial charge in [-0.05, 0) is 35.3 Å². The fourth-order valence-electron chi connectivity index (χ4n) is 0.862. The number of aryl methyl sites for hydroxylation is 1. The van der Waals surface area contributed by atoms with Crippen LogP contribution in [0.1, 0.15) is 19.1 Å². The topological polar surface area (TPSA) is 39.2 Å². The van der Waals surface area contributed by atoms with Gasteiger partial charge in [0.25, 0.3) is 0 Å². The minimum atomic E-state index is 0.243. The standard InChI is InChI=1S/C8H12BrNO/c1-6(10)2-3-8-7(9)4-5-11-8/h4-6H,2-3,10H2,1H3. The van der Waals surface area contributed by atoms with Crippen LogP contribution in [0.4, 0.5) is 0 Å². The predicted molar refractivity (Wildman–Crippen MR) is 48.4 cm³/mol. The van der Waals surface area contributed by atoms with E-state index in [1.54, 1.807) is 6.26 Å². The highest BCUT2D eigenvalue weighted by atomic mass is 79.9. The summed E-state index contributed by atoms with van der Waals surface area (Å²) in [5.74, 6) is 0.988. The van der Waals surface area contributed by atoms with E-state index in [4.69, 9.17) is 10.2 Å². The molecule has 1 unspecified atom stereocenters. The zero-order chi connectivity index (χ0) is 8.27. The summed E-state index contributed by atoms with van der Waals surface area (Å²) in [4.78, 5) is 0.